The van der Waals surface area contributed by atoms with Crippen molar-refractivity contribution in [2.45, 2.75) is 6.92 Å². The number of aromatic nitrogens is 3. The van der Waals surface area contributed by atoms with Gasteiger partial charge >= 0.3 is 0 Å². The van der Waals surface area contributed by atoms with Crippen LogP contribution in [0, 0.1) is 6.92 Å². The molecule has 2 N–H and O–H groups in total. The Morgan fingerprint density at radius 3 is 3.18 bits per heavy atom. The maximum absolute atomic E-state index is 5.47. The number of anilines is 1. The molecule has 0 aromatic carbocycles. The molecule has 4 heteroatoms. The fraction of sp³-hybridized carbons (Fsp3) is 0.143. The number of fused-ring (bicyclic) bond motifs is 1. The molecule has 2 heterocycles. The zero-order valence-corrected chi connectivity index (χ0v) is 6.15. The number of rotatable bonds is 0. The number of nitrogens with zero attached hydrogens (tertiary/aromatic N) is 3. The summed E-state index contributed by atoms with van der Waals surface area (Å²) in [5, 5.41) is 0. The number of aryl methyl sites for hydroxylation is 1. The minimum atomic E-state index is 0.503. The van der Waals surface area contributed by atoms with E-state index in [4.69, 9.17) is 5.73 Å². The van der Waals surface area contributed by atoms with Crippen LogP contribution < -0.4 is 5.73 Å². The molecule has 0 fully saturated rings. The summed E-state index contributed by atoms with van der Waals surface area (Å²) >= 11 is 0. The minimum absolute atomic E-state index is 0.503. The lowest BCUT2D eigenvalue weighted by atomic mass is 10.6. The zero-order chi connectivity index (χ0) is 7.84. The van der Waals surface area contributed by atoms with Crippen molar-refractivity contribution in [2.75, 3.05) is 5.73 Å². The van der Waals surface area contributed by atoms with Crippen LogP contribution in [0.15, 0.2) is 18.6 Å². The van der Waals surface area contributed by atoms with Gasteiger partial charge in [-0.25, -0.2) is 9.97 Å². The smallest absolute Gasteiger partial charge is 0.141 e. The Hall–Kier alpha value is -1.58. The molecule has 2 aromatic heterocycles. The van der Waals surface area contributed by atoms with Crippen LogP contribution >= 0.6 is 0 Å². The second-order valence-corrected chi connectivity index (χ2v) is 2.46. The quantitative estimate of drug-likeness (QED) is 0.595. The molecule has 11 heavy (non-hydrogen) atoms. The summed E-state index contributed by atoms with van der Waals surface area (Å²) in [4.78, 5) is 8.14. The van der Waals surface area contributed by atoms with Crippen molar-refractivity contribution in [3.8, 4) is 0 Å². The van der Waals surface area contributed by atoms with Gasteiger partial charge in [0.1, 0.15) is 17.8 Å². The van der Waals surface area contributed by atoms with Crippen LogP contribution in [-0.4, -0.2) is 14.4 Å². The molecule has 0 unspecified atom stereocenters. The predicted octanol–water partition coefficient (Wildman–Crippen LogP) is 0.620. The van der Waals surface area contributed by atoms with Crippen molar-refractivity contribution in [3.05, 3.63) is 24.3 Å². The van der Waals surface area contributed by atoms with Gasteiger partial charge in [0.05, 0.1) is 5.69 Å². The monoisotopic (exact) mass is 148 g/mol. The number of hydrogen-bond donors (Lipinski definition) is 1. The highest BCUT2D eigenvalue weighted by atomic mass is 15.0. The SMILES string of the molecule is Cc1cn2cnc(N)cc2n1. The summed E-state index contributed by atoms with van der Waals surface area (Å²) < 4.78 is 1.84. The van der Waals surface area contributed by atoms with E-state index in [1.165, 1.54) is 0 Å². The maximum Gasteiger partial charge on any atom is 0.141 e. The van der Waals surface area contributed by atoms with Gasteiger partial charge < -0.3 is 5.73 Å². The number of imidazole rings is 1. The Morgan fingerprint density at radius 2 is 2.36 bits per heavy atom. The van der Waals surface area contributed by atoms with Crippen molar-refractivity contribution in [1.82, 2.24) is 14.4 Å². The highest BCUT2D eigenvalue weighted by Crippen LogP contribution is 2.05. The van der Waals surface area contributed by atoms with E-state index in [-0.39, 0.29) is 0 Å². The fourth-order valence-electron chi connectivity index (χ4n) is 1.03. The molecule has 4 nitrogen and oxygen atoms in total. The standard InChI is InChI=1S/C7H8N4/c1-5-3-11-4-9-6(8)2-7(11)10-5/h2-4H,8H2,1H3. The van der Waals surface area contributed by atoms with E-state index in [0.29, 0.717) is 5.82 Å². The van der Waals surface area contributed by atoms with E-state index in [9.17, 15) is 0 Å². The van der Waals surface area contributed by atoms with E-state index in [1.54, 1.807) is 12.4 Å². The highest BCUT2D eigenvalue weighted by Gasteiger charge is 1.96. The first kappa shape index (κ1) is 6.15. The molecule has 0 saturated carbocycles. The first-order chi connectivity index (χ1) is 5.25. The summed E-state index contributed by atoms with van der Waals surface area (Å²) in [5.74, 6) is 0.503. The highest BCUT2D eigenvalue weighted by molar-refractivity contribution is 5.47. The van der Waals surface area contributed by atoms with Gasteiger partial charge in [0.2, 0.25) is 0 Å². The van der Waals surface area contributed by atoms with Gasteiger partial charge in [-0.15, -0.1) is 0 Å². The molecule has 2 aromatic rings. The van der Waals surface area contributed by atoms with Crippen molar-refractivity contribution in [2.24, 2.45) is 0 Å². The predicted molar refractivity (Wildman–Crippen MR) is 42.1 cm³/mol. The normalized spacial score (nSPS) is 10.6. The molecule has 2 rings (SSSR count). The number of hydrogen-bond acceptors (Lipinski definition) is 3. The molecule has 0 aliphatic carbocycles. The summed E-state index contributed by atoms with van der Waals surface area (Å²) in [6, 6.07) is 1.74. The summed E-state index contributed by atoms with van der Waals surface area (Å²) in [7, 11) is 0. The van der Waals surface area contributed by atoms with Crippen LogP contribution in [0.2, 0.25) is 0 Å². The molecular formula is C7H8N4. The Balaban J connectivity index is 2.82. The molecule has 0 saturated heterocycles. The summed E-state index contributed by atoms with van der Waals surface area (Å²) in [6.45, 7) is 1.93. The van der Waals surface area contributed by atoms with Crippen LogP contribution in [-0.2, 0) is 0 Å². The Bertz CT molecular complexity index is 390. The van der Waals surface area contributed by atoms with Gasteiger partial charge in [-0.2, -0.15) is 0 Å². The second kappa shape index (κ2) is 1.95. The van der Waals surface area contributed by atoms with E-state index in [0.717, 1.165) is 11.3 Å². The summed E-state index contributed by atoms with van der Waals surface area (Å²) in [6.07, 6.45) is 3.56. The first-order valence-corrected chi connectivity index (χ1v) is 3.32. The van der Waals surface area contributed by atoms with Crippen LogP contribution in [0.25, 0.3) is 5.65 Å². The van der Waals surface area contributed by atoms with Gasteiger partial charge in [0.15, 0.2) is 0 Å². The lowest BCUT2D eigenvalue weighted by Gasteiger charge is -1.91. The van der Waals surface area contributed by atoms with Gasteiger partial charge in [-0.05, 0) is 6.92 Å². The van der Waals surface area contributed by atoms with Crippen LogP contribution in [0.1, 0.15) is 5.69 Å². The average molecular weight is 148 g/mol. The number of nitrogen functional groups attached to an aromatic ring is 1. The molecule has 56 valence electrons. The topological polar surface area (TPSA) is 56.2 Å². The lowest BCUT2D eigenvalue weighted by molar-refractivity contribution is 1.09. The molecule has 0 spiro atoms. The first-order valence-electron chi connectivity index (χ1n) is 3.32. The summed E-state index contributed by atoms with van der Waals surface area (Å²) in [5.41, 5.74) is 7.28. The van der Waals surface area contributed by atoms with E-state index >= 15 is 0 Å². The third-order valence-corrected chi connectivity index (χ3v) is 1.49. The molecular weight excluding hydrogens is 140 g/mol. The van der Waals surface area contributed by atoms with E-state index < -0.39 is 0 Å². The van der Waals surface area contributed by atoms with Crippen molar-refractivity contribution in [1.29, 1.82) is 0 Å². The second-order valence-electron chi connectivity index (χ2n) is 2.46. The van der Waals surface area contributed by atoms with Gasteiger partial charge in [-0.3, -0.25) is 4.40 Å². The van der Waals surface area contributed by atoms with Crippen LogP contribution in [0.3, 0.4) is 0 Å². The zero-order valence-electron chi connectivity index (χ0n) is 6.15. The van der Waals surface area contributed by atoms with Crippen molar-refractivity contribution < 1.29 is 0 Å². The molecule has 0 bridgehead atoms. The van der Waals surface area contributed by atoms with Crippen LogP contribution in [0.4, 0.5) is 5.82 Å². The molecule has 0 atom stereocenters. The van der Waals surface area contributed by atoms with Gasteiger partial charge in [-0.1, -0.05) is 0 Å². The largest absolute Gasteiger partial charge is 0.384 e. The van der Waals surface area contributed by atoms with Gasteiger partial charge in [0, 0.05) is 12.3 Å². The molecule has 0 aliphatic rings. The minimum Gasteiger partial charge on any atom is -0.384 e. The molecule has 0 radical (unpaired) electrons. The lowest BCUT2D eigenvalue weighted by Crippen LogP contribution is -1.92. The van der Waals surface area contributed by atoms with Gasteiger partial charge in [0.25, 0.3) is 0 Å². The Kier molecular flexibility index (Phi) is 1.09. The van der Waals surface area contributed by atoms with Crippen molar-refractivity contribution in [3.63, 3.8) is 0 Å². The van der Waals surface area contributed by atoms with Crippen molar-refractivity contribution >= 4 is 11.5 Å². The molecule has 0 aliphatic heterocycles. The average Bonchev–Trinajstić information content (AvgIpc) is 2.27. The maximum atomic E-state index is 5.47. The Labute approximate surface area is 63.7 Å². The number of nitrogens with two attached hydrogens (primary N) is 1. The third kappa shape index (κ3) is 0.920. The van der Waals surface area contributed by atoms with E-state index in [1.807, 2.05) is 17.5 Å². The fourth-order valence-corrected chi connectivity index (χ4v) is 1.03. The van der Waals surface area contributed by atoms with Crippen LogP contribution in [0.5, 0.6) is 0 Å². The van der Waals surface area contributed by atoms with E-state index in [2.05, 4.69) is 9.97 Å². The molecule has 0 amide bonds. The Morgan fingerprint density at radius 1 is 1.55 bits per heavy atom. The third-order valence-electron chi connectivity index (χ3n) is 1.49.